The largest absolute Gasteiger partial charge is 0.426 e. The fraction of sp³-hybridized carbons (Fsp3) is 0.100. The van der Waals surface area contributed by atoms with Gasteiger partial charge in [-0.05, 0) is 48.5 Å². The van der Waals surface area contributed by atoms with Gasteiger partial charge in [0.05, 0.1) is 27.9 Å². The minimum Gasteiger partial charge on any atom is -0.426 e. The molecule has 3 aromatic heterocycles. The molecule has 6 aromatic rings. The molecule has 3 N–H and O–H groups in total. The molecule has 0 atom stereocenters. The van der Waals surface area contributed by atoms with Gasteiger partial charge in [-0.1, -0.05) is 0 Å². The highest BCUT2D eigenvalue weighted by Crippen LogP contribution is 2.45. The molecule has 0 spiro atoms. The first-order valence-electron chi connectivity index (χ1n) is 12.2. The molecule has 0 fully saturated rings. The SMILES string of the molecule is CC(=O)Oc1cc2[nH]c(-c3c(OC(C)=O)ccc4cc[nH]c34)cc2cc1-c1c(OC(C)=O)ccc2cc[nH]c12. The maximum Gasteiger partial charge on any atom is 0.308 e. The van der Waals surface area contributed by atoms with E-state index in [2.05, 4.69) is 15.0 Å². The molecular weight excluding hydrogens is 498 g/mol. The number of nitrogens with one attached hydrogen (secondary N) is 3. The van der Waals surface area contributed by atoms with E-state index in [-0.39, 0.29) is 5.75 Å². The van der Waals surface area contributed by atoms with E-state index in [0.717, 1.165) is 27.2 Å². The third kappa shape index (κ3) is 4.29. The highest BCUT2D eigenvalue weighted by atomic mass is 16.5. The molecular formula is C30H23N3O6. The monoisotopic (exact) mass is 521 g/mol. The summed E-state index contributed by atoms with van der Waals surface area (Å²) in [6.07, 6.45) is 3.61. The molecule has 3 aromatic carbocycles. The van der Waals surface area contributed by atoms with Crippen LogP contribution in [0.25, 0.3) is 55.1 Å². The van der Waals surface area contributed by atoms with Crippen molar-refractivity contribution in [2.45, 2.75) is 20.8 Å². The van der Waals surface area contributed by atoms with Crippen LogP contribution in [-0.2, 0) is 14.4 Å². The van der Waals surface area contributed by atoms with Gasteiger partial charge in [0.15, 0.2) is 0 Å². The van der Waals surface area contributed by atoms with Crippen LogP contribution < -0.4 is 14.2 Å². The summed E-state index contributed by atoms with van der Waals surface area (Å²) in [4.78, 5) is 45.7. The molecule has 0 bridgehead atoms. The lowest BCUT2D eigenvalue weighted by molar-refractivity contribution is -0.132. The van der Waals surface area contributed by atoms with Crippen LogP contribution in [-0.4, -0.2) is 32.9 Å². The normalized spacial score (nSPS) is 11.3. The molecule has 0 amide bonds. The number of ether oxygens (including phenoxy) is 3. The first-order valence-corrected chi connectivity index (χ1v) is 12.2. The minimum absolute atomic E-state index is 0.289. The highest BCUT2D eigenvalue weighted by molar-refractivity contribution is 6.05. The van der Waals surface area contributed by atoms with E-state index < -0.39 is 17.9 Å². The summed E-state index contributed by atoms with van der Waals surface area (Å²) in [6, 6.07) is 16.6. The van der Waals surface area contributed by atoms with Crippen LogP contribution in [0.2, 0.25) is 0 Å². The zero-order valence-electron chi connectivity index (χ0n) is 21.3. The first-order chi connectivity index (χ1) is 18.8. The summed E-state index contributed by atoms with van der Waals surface area (Å²) < 4.78 is 16.7. The molecule has 6 rings (SSSR count). The van der Waals surface area contributed by atoms with Gasteiger partial charge in [-0.15, -0.1) is 0 Å². The third-order valence-electron chi connectivity index (χ3n) is 6.40. The Hall–Kier alpha value is -5.31. The zero-order chi connectivity index (χ0) is 27.3. The predicted octanol–water partition coefficient (Wildman–Crippen LogP) is 6.24. The van der Waals surface area contributed by atoms with Crippen molar-refractivity contribution in [3.05, 3.63) is 67.0 Å². The number of carbonyl (C=O) groups excluding carboxylic acids is 3. The van der Waals surface area contributed by atoms with Crippen LogP contribution in [0.3, 0.4) is 0 Å². The maximum atomic E-state index is 12.1. The topological polar surface area (TPSA) is 126 Å². The molecule has 3 heterocycles. The number of H-pyrrole nitrogens is 3. The number of rotatable bonds is 5. The maximum absolute atomic E-state index is 12.1. The second kappa shape index (κ2) is 9.21. The molecule has 0 unspecified atom stereocenters. The number of benzene rings is 3. The summed E-state index contributed by atoms with van der Waals surface area (Å²) >= 11 is 0. The Balaban J connectivity index is 1.62. The van der Waals surface area contributed by atoms with Gasteiger partial charge in [0.1, 0.15) is 17.2 Å². The van der Waals surface area contributed by atoms with Crippen LogP contribution in [0.4, 0.5) is 0 Å². The Kier molecular flexibility index (Phi) is 5.68. The number of hydrogen-bond acceptors (Lipinski definition) is 6. The number of aromatic amines is 3. The van der Waals surface area contributed by atoms with Crippen LogP contribution in [0.15, 0.2) is 67.0 Å². The predicted molar refractivity (Wildman–Crippen MR) is 147 cm³/mol. The van der Waals surface area contributed by atoms with E-state index in [9.17, 15) is 14.4 Å². The quantitative estimate of drug-likeness (QED) is 0.182. The van der Waals surface area contributed by atoms with Gasteiger partial charge in [0, 0.05) is 66.5 Å². The van der Waals surface area contributed by atoms with Crippen molar-refractivity contribution in [3.8, 4) is 39.6 Å². The summed E-state index contributed by atoms with van der Waals surface area (Å²) in [5.74, 6) is -0.388. The summed E-state index contributed by atoms with van der Waals surface area (Å²) in [7, 11) is 0. The molecule has 0 aliphatic rings. The minimum atomic E-state index is -0.497. The molecule has 0 radical (unpaired) electrons. The van der Waals surface area contributed by atoms with Gasteiger partial charge in [-0.2, -0.15) is 0 Å². The van der Waals surface area contributed by atoms with Crippen LogP contribution >= 0.6 is 0 Å². The van der Waals surface area contributed by atoms with Crippen molar-refractivity contribution in [1.82, 2.24) is 15.0 Å². The Morgan fingerprint density at radius 3 is 1.72 bits per heavy atom. The lowest BCUT2D eigenvalue weighted by Gasteiger charge is -2.14. The van der Waals surface area contributed by atoms with Crippen molar-refractivity contribution in [1.29, 1.82) is 0 Å². The fourth-order valence-corrected chi connectivity index (χ4v) is 4.96. The first kappa shape index (κ1) is 24.1. The second-order valence-corrected chi connectivity index (χ2v) is 9.16. The van der Waals surface area contributed by atoms with Crippen molar-refractivity contribution < 1.29 is 28.6 Å². The number of esters is 3. The molecule has 0 saturated carbocycles. The Morgan fingerprint density at radius 1 is 0.590 bits per heavy atom. The molecule has 0 saturated heterocycles. The van der Waals surface area contributed by atoms with E-state index >= 15 is 0 Å². The van der Waals surface area contributed by atoms with E-state index in [1.807, 2.05) is 42.6 Å². The lowest BCUT2D eigenvalue weighted by Crippen LogP contribution is -2.05. The van der Waals surface area contributed by atoms with Gasteiger partial charge in [-0.3, -0.25) is 14.4 Å². The van der Waals surface area contributed by atoms with Gasteiger partial charge >= 0.3 is 17.9 Å². The summed E-state index contributed by atoms with van der Waals surface area (Å²) in [5.41, 5.74) is 4.74. The van der Waals surface area contributed by atoms with Crippen molar-refractivity contribution in [3.63, 3.8) is 0 Å². The van der Waals surface area contributed by atoms with Crippen LogP contribution in [0, 0.1) is 0 Å². The van der Waals surface area contributed by atoms with E-state index in [0.29, 0.717) is 39.4 Å². The number of hydrogen-bond donors (Lipinski definition) is 3. The third-order valence-corrected chi connectivity index (χ3v) is 6.40. The lowest BCUT2D eigenvalue weighted by atomic mass is 9.99. The van der Waals surface area contributed by atoms with Crippen LogP contribution in [0.1, 0.15) is 20.8 Å². The average molecular weight is 522 g/mol. The molecule has 9 heteroatoms. The number of carbonyl (C=O) groups is 3. The average Bonchev–Trinajstić information content (AvgIpc) is 3.61. The van der Waals surface area contributed by atoms with E-state index in [4.69, 9.17) is 14.2 Å². The molecule has 39 heavy (non-hydrogen) atoms. The smallest absolute Gasteiger partial charge is 0.308 e. The number of fused-ring (bicyclic) bond motifs is 3. The molecule has 0 aliphatic heterocycles. The number of aromatic nitrogens is 3. The summed E-state index contributed by atoms with van der Waals surface area (Å²) in [6.45, 7) is 4.01. The molecule has 0 aliphatic carbocycles. The Bertz CT molecular complexity index is 1940. The molecule has 194 valence electrons. The summed E-state index contributed by atoms with van der Waals surface area (Å²) in [5, 5.41) is 2.64. The fourth-order valence-electron chi connectivity index (χ4n) is 4.96. The van der Waals surface area contributed by atoms with Gasteiger partial charge in [0.25, 0.3) is 0 Å². The standard InChI is InChI=1S/C30H23N3O6/c1-15(34)37-24-6-4-18-8-10-31-29(18)27(24)21-12-20-13-23(33-22(20)14-26(21)39-17(3)36)28-25(38-16(2)35)7-5-19-9-11-32-30(19)28/h4-14,31-33H,1-3H3. The van der Waals surface area contributed by atoms with Crippen molar-refractivity contribution in [2.75, 3.05) is 0 Å². The van der Waals surface area contributed by atoms with Gasteiger partial charge < -0.3 is 29.2 Å². The van der Waals surface area contributed by atoms with E-state index in [1.165, 1.54) is 20.8 Å². The van der Waals surface area contributed by atoms with Crippen LogP contribution in [0.5, 0.6) is 17.2 Å². The molecule has 9 nitrogen and oxygen atoms in total. The van der Waals surface area contributed by atoms with Gasteiger partial charge in [0.2, 0.25) is 0 Å². The van der Waals surface area contributed by atoms with Crippen molar-refractivity contribution in [2.24, 2.45) is 0 Å². The highest BCUT2D eigenvalue weighted by Gasteiger charge is 2.22. The zero-order valence-corrected chi connectivity index (χ0v) is 21.3. The second-order valence-electron chi connectivity index (χ2n) is 9.16. The van der Waals surface area contributed by atoms with E-state index in [1.54, 1.807) is 24.4 Å². The van der Waals surface area contributed by atoms with Gasteiger partial charge in [-0.25, -0.2) is 0 Å². The Morgan fingerprint density at radius 2 is 1.13 bits per heavy atom. The Labute approximate surface area is 221 Å². The van der Waals surface area contributed by atoms with Crippen molar-refractivity contribution >= 4 is 50.6 Å².